The highest BCUT2D eigenvalue weighted by atomic mass is 16.7. The fourth-order valence-corrected chi connectivity index (χ4v) is 4.61. The van der Waals surface area contributed by atoms with Gasteiger partial charge in [0.05, 0.1) is 31.6 Å². The van der Waals surface area contributed by atoms with Crippen LogP contribution in [0.5, 0.6) is 0 Å². The molecule has 166 valence electrons. The summed E-state index contributed by atoms with van der Waals surface area (Å²) in [6.45, 7) is 4.66. The summed E-state index contributed by atoms with van der Waals surface area (Å²) in [7, 11) is 0. The van der Waals surface area contributed by atoms with Crippen molar-refractivity contribution in [2.45, 2.75) is 58.3 Å². The predicted octanol–water partition coefficient (Wildman–Crippen LogP) is 3.09. The van der Waals surface area contributed by atoms with Crippen molar-refractivity contribution in [1.29, 1.82) is 0 Å². The Kier molecular flexibility index (Phi) is 4.81. The van der Waals surface area contributed by atoms with Crippen molar-refractivity contribution in [2.24, 2.45) is 11.3 Å². The SMILES string of the molecule is Cc1ccc(C#CC2CC2)c2c1N(C(=O)c1cn(CC3OCC4(CC4)CO3)nn1)CCC2. The van der Waals surface area contributed by atoms with Crippen molar-refractivity contribution in [3.8, 4) is 11.8 Å². The van der Waals surface area contributed by atoms with Crippen LogP contribution in [0.25, 0.3) is 0 Å². The largest absolute Gasteiger partial charge is 0.350 e. The number of carbonyl (C=O) groups is 1. The number of anilines is 1. The first-order valence-electron chi connectivity index (χ1n) is 11.7. The van der Waals surface area contributed by atoms with Gasteiger partial charge in [0.1, 0.15) is 0 Å². The molecule has 0 radical (unpaired) electrons. The lowest BCUT2D eigenvalue weighted by Crippen LogP contribution is -2.37. The van der Waals surface area contributed by atoms with Gasteiger partial charge in [0.25, 0.3) is 5.91 Å². The summed E-state index contributed by atoms with van der Waals surface area (Å²) >= 11 is 0. The molecule has 3 heterocycles. The van der Waals surface area contributed by atoms with Crippen LogP contribution in [-0.4, -0.2) is 46.9 Å². The molecule has 6 rings (SSSR count). The normalized spacial score (nSPS) is 21.7. The molecule has 1 aromatic carbocycles. The van der Waals surface area contributed by atoms with Gasteiger partial charge in [0, 0.05) is 23.4 Å². The molecule has 1 saturated heterocycles. The van der Waals surface area contributed by atoms with Crippen LogP contribution in [-0.2, 0) is 22.4 Å². The van der Waals surface area contributed by atoms with E-state index in [4.69, 9.17) is 9.47 Å². The number of benzene rings is 1. The Hall–Kier alpha value is -2.69. The highest BCUT2D eigenvalue weighted by Crippen LogP contribution is 2.48. The van der Waals surface area contributed by atoms with Gasteiger partial charge in [0.15, 0.2) is 12.0 Å². The van der Waals surface area contributed by atoms with Gasteiger partial charge in [-0.2, -0.15) is 0 Å². The van der Waals surface area contributed by atoms with Gasteiger partial charge in [-0.25, -0.2) is 4.68 Å². The summed E-state index contributed by atoms with van der Waals surface area (Å²) < 4.78 is 13.3. The molecule has 32 heavy (non-hydrogen) atoms. The lowest BCUT2D eigenvalue weighted by molar-refractivity contribution is -0.213. The molecule has 7 nitrogen and oxygen atoms in total. The maximum absolute atomic E-state index is 13.4. The van der Waals surface area contributed by atoms with Gasteiger partial charge in [-0.15, -0.1) is 5.10 Å². The third kappa shape index (κ3) is 3.82. The summed E-state index contributed by atoms with van der Waals surface area (Å²) in [5, 5.41) is 8.34. The molecule has 0 atom stereocenters. The van der Waals surface area contributed by atoms with Crippen molar-refractivity contribution in [3.63, 3.8) is 0 Å². The number of rotatable bonds is 3. The minimum Gasteiger partial charge on any atom is -0.350 e. The lowest BCUT2D eigenvalue weighted by atomic mass is 9.93. The van der Waals surface area contributed by atoms with Crippen LogP contribution in [0.1, 0.15) is 59.3 Å². The van der Waals surface area contributed by atoms with E-state index in [1.807, 2.05) is 4.90 Å². The van der Waals surface area contributed by atoms with Gasteiger partial charge in [-0.1, -0.05) is 23.1 Å². The fourth-order valence-electron chi connectivity index (χ4n) is 4.61. The van der Waals surface area contributed by atoms with E-state index in [0.717, 1.165) is 42.9 Å². The minimum absolute atomic E-state index is 0.116. The maximum Gasteiger partial charge on any atom is 0.280 e. The minimum atomic E-state index is -0.337. The molecule has 1 aromatic heterocycles. The van der Waals surface area contributed by atoms with E-state index in [1.54, 1.807) is 10.9 Å². The first kappa shape index (κ1) is 20.0. The highest BCUT2D eigenvalue weighted by Gasteiger charge is 2.47. The molecule has 0 unspecified atom stereocenters. The monoisotopic (exact) mass is 432 g/mol. The average Bonchev–Trinajstić information content (AvgIpc) is 3.74. The van der Waals surface area contributed by atoms with Gasteiger partial charge in [-0.3, -0.25) is 4.79 Å². The van der Waals surface area contributed by atoms with Gasteiger partial charge >= 0.3 is 0 Å². The number of carbonyl (C=O) groups excluding carboxylic acids is 1. The Morgan fingerprint density at radius 2 is 2.06 bits per heavy atom. The smallest absolute Gasteiger partial charge is 0.280 e. The Morgan fingerprint density at radius 3 is 2.81 bits per heavy atom. The molecule has 2 aliphatic heterocycles. The van der Waals surface area contributed by atoms with E-state index in [2.05, 4.69) is 41.2 Å². The average molecular weight is 433 g/mol. The van der Waals surface area contributed by atoms with E-state index in [-0.39, 0.29) is 17.6 Å². The van der Waals surface area contributed by atoms with E-state index in [0.29, 0.717) is 24.7 Å². The number of nitrogens with zero attached hydrogens (tertiary/aromatic N) is 4. The molecule has 2 saturated carbocycles. The molecule has 7 heteroatoms. The summed E-state index contributed by atoms with van der Waals surface area (Å²) in [6, 6.07) is 4.17. The predicted molar refractivity (Wildman–Crippen MR) is 118 cm³/mol. The molecular formula is C25H28N4O3. The first-order chi connectivity index (χ1) is 15.6. The van der Waals surface area contributed by atoms with Gasteiger partial charge in [0.2, 0.25) is 0 Å². The summed E-state index contributed by atoms with van der Waals surface area (Å²) in [4.78, 5) is 15.3. The molecule has 4 aliphatic rings. The van der Waals surface area contributed by atoms with E-state index >= 15 is 0 Å². The van der Waals surface area contributed by atoms with Crippen molar-refractivity contribution in [3.05, 3.63) is 40.7 Å². The quantitative estimate of drug-likeness (QED) is 0.697. The van der Waals surface area contributed by atoms with E-state index in [1.165, 1.54) is 31.2 Å². The number of aromatic nitrogens is 3. The topological polar surface area (TPSA) is 69.5 Å². The highest BCUT2D eigenvalue weighted by molar-refractivity contribution is 6.06. The van der Waals surface area contributed by atoms with Crippen molar-refractivity contribution < 1.29 is 14.3 Å². The lowest BCUT2D eigenvalue weighted by Gasteiger charge is -2.31. The molecule has 2 aliphatic carbocycles. The van der Waals surface area contributed by atoms with Gasteiger partial charge < -0.3 is 14.4 Å². The Morgan fingerprint density at radius 1 is 1.25 bits per heavy atom. The van der Waals surface area contributed by atoms with Crippen LogP contribution in [0.15, 0.2) is 18.3 Å². The second-order valence-electron chi connectivity index (χ2n) is 9.74. The van der Waals surface area contributed by atoms with E-state index < -0.39 is 0 Å². The van der Waals surface area contributed by atoms with Crippen molar-refractivity contribution in [1.82, 2.24) is 15.0 Å². The standard InChI is InChI=1S/C25H28N4O3/c1-17-4-8-19(9-7-18-5-6-18)20-3-2-12-29(23(17)20)24(30)21-13-28(27-26-21)14-22-31-15-25(10-11-25)16-32-22/h4,8,13,18,22H,2-3,5-6,10-12,14-16H2,1H3. The number of amides is 1. The maximum atomic E-state index is 13.4. The summed E-state index contributed by atoms with van der Waals surface area (Å²) in [5.74, 6) is 7.17. The number of ether oxygens (including phenoxy) is 2. The second-order valence-corrected chi connectivity index (χ2v) is 9.74. The Bertz CT molecular complexity index is 1110. The van der Waals surface area contributed by atoms with Crippen LogP contribution in [0.2, 0.25) is 0 Å². The van der Waals surface area contributed by atoms with Gasteiger partial charge in [-0.05, 0) is 62.6 Å². The molecule has 0 N–H and O–H groups in total. The van der Waals surface area contributed by atoms with Crippen LogP contribution < -0.4 is 4.90 Å². The second kappa shape index (κ2) is 7.72. The van der Waals surface area contributed by atoms with Crippen molar-refractivity contribution in [2.75, 3.05) is 24.7 Å². The zero-order valence-corrected chi connectivity index (χ0v) is 18.5. The first-order valence-corrected chi connectivity index (χ1v) is 11.7. The zero-order chi connectivity index (χ0) is 21.7. The van der Waals surface area contributed by atoms with Crippen LogP contribution in [0.4, 0.5) is 5.69 Å². The van der Waals surface area contributed by atoms with Crippen LogP contribution in [0.3, 0.4) is 0 Å². The number of hydrogen-bond donors (Lipinski definition) is 0. The zero-order valence-electron chi connectivity index (χ0n) is 18.5. The summed E-state index contributed by atoms with van der Waals surface area (Å²) in [6.07, 6.45) is 8.02. The Labute approximate surface area is 188 Å². The third-order valence-electron chi connectivity index (χ3n) is 7.00. The molecule has 1 amide bonds. The number of aryl methyl sites for hydroxylation is 1. The molecule has 0 bridgehead atoms. The van der Waals surface area contributed by atoms with Crippen molar-refractivity contribution >= 4 is 11.6 Å². The molecule has 3 fully saturated rings. The van der Waals surface area contributed by atoms with Crippen LogP contribution in [0, 0.1) is 30.1 Å². The van der Waals surface area contributed by atoms with Crippen LogP contribution >= 0.6 is 0 Å². The molecule has 2 aromatic rings. The fraction of sp³-hybridized carbons (Fsp3) is 0.560. The molecular weight excluding hydrogens is 404 g/mol. The van der Waals surface area contributed by atoms with E-state index in [9.17, 15) is 4.79 Å². The Balaban J connectivity index is 1.20. The summed E-state index contributed by atoms with van der Waals surface area (Å²) in [5.41, 5.74) is 4.94. The molecule has 1 spiro atoms. The third-order valence-corrected chi connectivity index (χ3v) is 7.00. The number of fused-ring (bicyclic) bond motifs is 1. The number of hydrogen-bond acceptors (Lipinski definition) is 5.